The van der Waals surface area contributed by atoms with Crippen molar-refractivity contribution in [2.75, 3.05) is 26.2 Å². The van der Waals surface area contributed by atoms with Crippen LogP contribution in [0.3, 0.4) is 0 Å². The van der Waals surface area contributed by atoms with E-state index < -0.39 is 0 Å². The second-order valence-corrected chi connectivity index (χ2v) is 11.6. The number of aromatic nitrogens is 1. The third-order valence-corrected chi connectivity index (χ3v) is 8.34. The summed E-state index contributed by atoms with van der Waals surface area (Å²) in [6.45, 7) is 8.24. The molecule has 5 heterocycles. The van der Waals surface area contributed by atoms with Gasteiger partial charge in [-0.3, -0.25) is 9.69 Å². The van der Waals surface area contributed by atoms with E-state index in [2.05, 4.69) is 24.1 Å². The Bertz CT molecular complexity index is 1380. The number of benzene rings is 2. The third-order valence-electron chi connectivity index (χ3n) is 8.34. The maximum absolute atomic E-state index is 13.0. The molecule has 3 aromatic rings. The molecule has 0 spiro atoms. The summed E-state index contributed by atoms with van der Waals surface area (Å²) < 4.78 is 13.8. The van der Waals surface area contributed by atoms with Crippen LogP contribution in [0, 0.1) is 11.3 Å². The Morgan fingerprint density at radius 1 is 1.05 bits per heavy atom. The molecule has 1 N–H and O–H groups in total. The molecule has 38 heavy (non-hydrogen) atoms. The van der Waals surface area contributed by atoms with Crippen LogP contribution in [0.2, 0.25) is 0 Å². The number of ether oxygens (including phenoxy) is 2. The molecule has 0 saturated carbocycles. The Labute approximate surface area is 223 Å². The molecule has 3 saturated heterocycles. The molecule has 2 bridgehead atoms. The topological polar surface area (TPSA) is 72.8 Å². The van der Waals surface area contributed by atoms with Crippen LogP contribution in [0.25, 0.3) is 11.1 Å². The first-order valence-electron chi connectivity index (χ1n) is 13.6. The molecule has 7 rings (SSSR count). The van der Waals surface area contributed by atoms with Gasteiger partial charge in [-0.25, -0.2) is 4.79 Å². The molecular weight excluding hydrogens is 478 g/mol. The molecule has 1 aromatic heterocycles. The van der Waals surface area contributed by atoms with Crippen molar-refractivity contribution in [1.82, 2.24) is 14.8 Å². The van der Waals surface area contributed by atoms with Crippen LogP contribution in [-0.2, 0) is 11.3 Å². The normalized spacial score (nSPS) is 25.2. The van der Waals surface area contributed by atoms with Gasteiger partial charge in [0.25, 0.3) is 5.56 Å². The lowest BCUT2D eigenvalue weighted by Crippen LogP contribution is -2.53. The van der Waals surface area contributed by atoms with Crippen LogP contribution in [-0.4, -0.2) is 47.9 Å². The molecule has 1 amide bonds. The van der Waals surface area contributed by atoms with Crippen molar-refractivity contribution in [3.63, 3.8) is 0 Å². The quantitative estimate of drug-likeness (QED) is 0.528. The van der Waals surface area contributed by atoms with Crippen LogP contribution in [0.1, 0.15) is 43.9 Å². The fourth-order valence-corrected chi connectivity index (χ4v) is 6.06. The summed E-state index contributed by atoms with van der Waals surface area (Å²) in [5.74, 6) is 1.21. The van der Waals surface area contributed by atoms with Crippen LogP contribution in [0.15, 0.2) is 71.7 Å². The summed E-state index contributed by atoms with van der Waals surface area (Å²) in [5.41, 5.74) is 3.56. The average Bonchev–Trinajstić information content (AvgIpc) is 2.92. The molecule has 1 unspecified atom stereocenters. The van der Waals surface area contributed by atoms with Crippen LogP contribution < -0.4 is 15.6 Å². The van der Waals surface area contributed by atoms with E-state index >= 15 is 0 Å². The van der Waals surface area contributed by atoms with Gasteiger partial charge in [-0.1, -0.05) is 56.3 Å². The summed E-state index contributed by atoms with van der Waals surface area (Å²) in [6, 6.07) is 19.2. The number of piperidine rings is 3. The van der Waals surface area contributed by atoms with Crippen molar-refractivity contribution in [3.05, 3.63) is 88.3 Å². The van der Waals surface area contributed by atoms with Gasteiger partial charge in [0.15, 0.2) is 0 Å². The molecule has 2 atom stereocenters. The van der Waals surface area contributed by atoms with Crippen LogP contribution >= 0.6 is 0 Å². The van der Waals surface area contributed by atoms with Gasteiger partial charge in [-0.05, 0) is 60.7 Å². The highest BCUT2D eigenvalue weighted by Crippen LogP contribution is 2.44. The second-order valence-electron chi connectivity index (χ2n) is 11.6. The standard InChI is InChI=1S/C31H35N3O4/c1-31(2)20-37-26-16-23(24-9-11-28(35)34(18-24)17-21-6-4-3-5-7-21)8-10-25(26)29(31)32-30(36)38-27-19-33-14-12-22(27)13-15-33/h3-11,16,18,22,27,29H,12-15,17,19-20H2,1-2H3,(H,32,36)/t27-,29?/m0/s1. The predicted octanol–water partition coefficient (Wildman–Crippen LogP) is 4.84. The summed E-state index contributed by atoms with van der Waals surface area (Å²) in [4.78, 5) is 27.9. The average molecular weight is 514 g/mol. The van der Waals surface area contributed by atoms with E-state index in [1.165, 1.54) is 0 Å². The number of carbonyl (C=O) groups is 1. The first-order chi connectivity index (χ1) is 18.4. The van der Waals surface area contributed by atoms with E-state index in [4.69, 9.17) is 9.47 Å². The Balaban J connectivity index is 1.22. The number of amides is 1. The molecule has 4 aliphatic rings. The Kier molecular flexibility index (Phi) is 6.48. The minimum atomic E-state index is -0.355. The van der Waals surface area contributed by atoms with Gasteiger partial charge in [-0.2, -0.15) is 0 Å². The third kappa shape index (κ3) is 4.95. The number of fused-ring (bicyclic) bond motifs is 4. The smallest absolute Gasteiger partial charge is 0.407 e. The summed E-state index contributed by atoms with van der Waals surface area (Å²) in [7, 11) is 0. The highest BCUT2D eigenvalue weighted by molar-refractivity contribution is 5.70. The van der Waals surface area contributed by atoms with Crippen molar-refractivity contribution in [2.45, 2.75) is 45.4 Å². The number of hydrogen-bond acceptors (Lipinski definition) is 5. The molecule has 3 fully saturated rings. The lowest BCUT2D eigenvalue weighted by atomic mass is 9.78. The number of nitrogens with one attached hydrogen (secondary N) is 1. The van der Waals surface area contributed by atoms with Gasteiger partial charge in [0.05, 0.1) is 19.2 Å². The van der Waals surface area contributed by atoms with Crippen molar-refractivity contribution in [2.24, 2.45) is 11.3 Å². The fourth-order valence-electron chi connectivity index (χ4n) is 6.06. The Hall–Kier alpha value is -3.58. The first kappa shape index (κ1) is 24.7. The van der Waals surface area contributed by atoms with Crippen LogP contribution in [0.5, 0.6) is 5.75 Å². The van der Waals surface area contributed by atoms with E-state index in [-0.39, 0.29) is 29.2 Å². The fraction of sp³-hybridized carbons (Fsp3) is 0.419. The largest absolute Gasteiger partial charge is 0.493 e. The lowest BCUT2D eigenvalue weighted by molar-refractivity contribution is -0.0361. The highest BCUT2D eigenvalue weighted by atomic mass is 16.6. The maximum atomic E-state index is 13.0. The number of rotatable bonds is 5. The number of carbonyl (C=O) groups excluding carboxylic acids is 1. The van der Waals surface area contributed by atoms with Crippen LogP contribution in [0.4, 0.5) is 4.79 Å². The minimum Gasteiger partial charge on any atom is -0.493 e. The molecule has 198 valence electrons. The number of alkyl carbamates (subject to hydrolysis) is 1. The van der Waals surface area contributed by atoms with Gasteiger partial charge in [0, 0.05) is 29.8 Å². The summed E-state index contributed by atoms with van der Waals surface area (Å²) >= 11 is 0. The lowest BCUT2D eigenvalue weighted by Gasteiger charge is -2.44. The highest BCUT2D eigenvalue weighted by Gasteiger charge is 2.41. The zero-order valence-corrected chi connectivity index (χ0v) is 22.1. The molecule has 7 heteroatoms. The Morgan fingerprint density at radius 2 is 1.82 bits per heavy atom. The SMILES string of the molecule is CC1(C)COc2cc(-c3ccc(=O)n(Cc4ccccc4)c3)ccc2C1NC(=O)O[C@H]1CN2CCC1CC2. The van der Waals surface area contributed by atoms with Gasteiger partial charge in [0.2, 0.25) is 0 Å². The molecule has 0 radical (unpaired) electrons. The number of pyridine rings is 1. The zero-order chi connectivity index (χ0) is 26.3. The maximum Gasteiger partial charge on any atom is 0.407 e. The molecule has 2 aromatic carbocycles. The minimum absolute atomic E-state index is 0.0335. The summed E-state index contributed by atoms with van der Waals surface area (Å²) in [5, 5.41) is 3.17. The van der Waals surface area contributed by atoms with Crippen molar-refractivity contribution >= 4 is 6.09 Å². The van der Waals surface area contributed by atoms with E-state index in [0.29, 0.717) is 19.1 Å². The van der Waals surface area contributed by atoms with Gasteiger partial charge in [-0.15, -0.1) is 0 Å². The van der Waals surface area contributed by atoms with Crippen molar-refractivity contribution < 1.29 is 14.3 Å². The second kappa shape index (κ2) is 9.95. The van der Waals surface area contributed by atoms with E-state index in [1.807, 2.05) is 60.8 Å². The Morgan fingerprint density at radius 3 is 2.55 bits per heavy atom. The molecule has 0 aliphatic carbocycles. The molecule has 4 aliphatic heterocycles. The van der Waals surface area contributed by atoms with Crippen molar-refractivity contribution in [3.8, 4) is 16.9 Å². The van der Waals surface area contributed by atoms with Gasteiger partial charge in [0.1, 0.15) is 11.9 Å². The zero-order valence-electron chi connectivity index (χ0n) is 22.1. The molecule has 7 nitrogen and oxygen atoms in total. The monoisotopic (exact) mass is 513 g/mol. The number of hydrogen-bond donors (Lipinski definition) is 1. The van der Waals surface area contributed by atoms with Gasteiger partial charge < -0.3 is 19.4 Å². The summed E-state index contributed by atoms with van der Waals surface area (Å²) in [6.07, 6.45) is 3.71. The van der Waals surface area contributed by atoms with Crippen molar-refractivity contribution in [1.29, 1.82) is 0 Å². The van der Waals surface area contributed by atoms with E-state index in [1.54, 1.807) is 10.6 Å². The van der Waals surface area contributed by atoms with Gasteiger partial charge >= 0.3 is 6.09 Å². The molecular formula is C31H35N3O4. The predicted molar refractivity (Wildman–Crippen MR) is 146 cm³/mol. The number of nitrogens with zero attached hydrogens (tertiary/aromatic N) is 2. The van der Waals surface area contributed by atoms with E-state index in [0.717, 1.165) is 60.5 Å². The van der Waals surface area contributed by atoms with E-state index in [9.17, 15) is 9.59 Å². The first-order valence-corrected chi connectivity index (χ1v) is 13.6.